The molecular formula is C23H16BrFN2O4. The number of ether oxygens (including phenoxy) is 2. The zero-order valence-corrected chi connectivity index (χ0v) is 17.7. The number of hydrogen-bond acceptors (Lipinski definition) is 5. The minimum atomic E-state index is -0.604. The number of para-hydroxylation sites is 1. The van der Waals surface area contributed by atoms with Crippen molar-refractivity contribution in [3.63, 3.8) is 0 Å². The van der Waals surface area contributed by atoms with Crippen molar-refractivity contribution in [2.45, 2.75) is 13.2 Å². The van der Waals surface area contributed by atoms with E-state index in [1.807, 2.05) is 0 Å². The summed E-state index contributed by atoms with van der Waals surface area (Å²) in [6.45, 7) is 0.00998. The molecule has 4 aromatic rings. The SMILES string of the molecule is O=C(OCc1cc(=O)n2cc(Br)ccc2n1)c1ccccc1OCc1ccc(F)cc1. The van der Waals surface area contributed by atoms with Crippen LogP contribution in [-0.4, -0.2) is 15.4 Å². The molecule has 0 aliphatic heterocycles. The van der Waals surface area contributed by atoms with E-state index in [4.69, 9.17) is 9.47 Å². The van der Waals surface area contributed by atoms with Gasteiger partial charge in [-0.1, -0.05) is 24.3 Å². The third-order valence-corrected chi connectivity index (χ3v) is 4.91. The molecule has 0 saturated heterocycles. The molecule has 2 heterocycles. The van der Waals surface area contributed by atoms with Crippen LogP contribution in [0.25, 0.3) is 5.65 Å². The molecule has 4 rings (SSSR count). The second-order valence-electron chi connectivity index (χ2n) is 6.65. The zero-order chi connectivity index (χ0) is 21.8. The Morgan fingerprint density at radius 2 is 1.81 bits per heavy atom. The maximum Gasteiger partial charge on any atom is 0.342 e. The van der Waals surface area contributed by atoms with Crippen LogP contribution in [0.15, 0.2) is 82.2 Å². The van der Waals surface area contributed by atoms with Crippen molar-refractivity contribution >= 4 is 27.5 Å². The Bertz CT molecular complexity index is 1310. The summed E-state index contributed by atoms with van der Waals surface area (Å²) in [5, 5.41) is 0. The van der Waals surface area contributed by atoms with Gasteiger partial charge in [0.25, 0.3) is 5.56 Å². The van der Waals surface area contributed by atoms with Crippen molar-refractivity contribution < 1.29 is 18.7 Å². The quantitative estimate of drug-likeness (QED) is 0.377. The summed E-state index contributed by atoms with van der Waals surface area (Å²) in [7, 11) is 0. The third-order valence-electron chi connectivity index (χ3n) is 4.44. The van der Waals surface area contributed by atoms with Gasteiger partial charge in [-0.2, -0.15) is 0 Å². The van der Waals surface area contributed by atoms with Crippen LogP contribution in [0.5, 0.6) is 5.75 Å². The highest BCUT2D eigenvalue weighted by Crippen LogP contribution is 2.21. The molecule has 0 spiro atoms. The third kappa shape index (κ3) is 4.97. The van der Waals surface area contributed by atoms with E-state index in [2.05, 4.69) is 20.9 Å². The number of hydrogen-bond donors (Lipinski definition) is 0. The molecule has 0 aliphatic rings. The standard InChI is InChI=1S/C23H16BrFN2O4/c24-16-7-10-21-26-18(11-22(28)27(21)12-16)14-31-23(29)19-3-1-2-4-20(19)30-13-15-5-8-17(25)9-6-15/h1-12H,13-14H2. The molecule has 0 saturated carbocycles. The fraction of sp³-hybridized carbons (Fsp3) is 0.0870. The molecule has 0 amide bonds. The van der Waals surface area contributed by atoms with Crippen LogP contribution >= 0.6 is 15.9 Å². The molecule has 8 heteroatoms. The molecule has 0 aliphatic carbocycles. The molecule has 2 aromatic carbocycles. The van der Waals surface area contributed by atoms with E-state index >= 15 is 0 Å². The van der Waals surface area contributed by atoms with Crippen molar-refractivity contribution in [1.82, 2.24) is 9.38 Å². The minimum absolute atomic E-state index is 0.160. The van der Waals surface area contributed by atoms with E-state index in [-0.39, 0.29) is 30.2 Å². The van der Waals surface area contributed by atoms with Crippen LogP contribution in [-0.2, 0) is 18.0 Å². The lowest BCUT2D eigenvalue weighted by Crippen LogP contribution is -2.16. The first-order valence-corrected chi connectivity index (χ1v) is 10.1. The number of halogens is 2. The highest BCUT2D eigenvalue weighted by molar-refractivity contribution is 9.10. The Balaban J connectivity index is 1.46. The molecule has 31 heavy (non-hydrogen) atoms. The van der Waals surface area contributed by atoms with Gasteiger partial charge in [-0.05, 0) is 57.9 Å². The van der Waals surface area contributed by atoms with Crippen LogP contribution in [0.3, 0.4) is 0 Å². The van der Waals surface area contributed by atoms with Crippen molar-refractivity contribution in [2.24, 2.45) is 0 Å². The number of nitrogens with zero attached hydrogens (tertiary/aromatic N) is 2. The monoisotopic (exact) mass is 482 g/mol. The number of carbonyl (C=O) groups is 1. The summed E-state index contributed by atoms with van der Waals surface area (Å²) < 4.78 is 26.3. The van der Waals surface area contributed by atoms with Crippen molar-refractivity contribution in [3.8, 4) is 5.75 Å². The van der Waals surface area contributed by atoms with E-state index in [1.54, 1.807) is 54.7 Å². The predicted molar refractivity (Wildman–Crippen MR) is 115 cm³/mol. The van der Waals surface area contributed by atoms with Gasteiger partial charge in [-0.15, -0.1) is 0 Å². The Labute approximate surface area is 185 Å². The first-order valence-electron chi connectivity index (χ1n) is 9.31. The molecule has 0 radical (unpaired) electrons. The normalized spacial score (nSPS) is 10.8. The minimum Gasteiger partial charge on any atom is -0.488 e. The topological polar surface area (TPSA) is 69.9 Å². The second-order valence-corrected chi connectivity index (χ2v) is 7.56. The number of esters is 1. The maximum absolute atomic E-state index is 13.0. The van der Waals surface area contributed by atoms with Crippen molar-refractivity contribution in [2.75, 3.05) is 0 Å². The summed E-state index contributed by atoms with van der Waals surface area (Å²) in [6.07, 6.45) is 1.62. The van der Waals surface area contributed by atoms with Gasteiger partial charge < -0.3 is 9.47 Å². The van der Waals surface area contributed by atoms with Gasteiger partial charge in [0.05, 0.1) is 5.69 Å². The number of aromatic nitrogens is 2. The first-order chi connectivity index (χ1) is 15.0. The average molecular weight is 483 g/mol. The van der Waals surface area contributed by atoms with Crippen LogP contribution < -0.4 is 10.3 Å². The molecule has 2 aromatic heterocycles. The van der Waals surface area contributed by atoms with E-state index in [1.165, 1.54) is 22.6 Å². The Hall–Kier alpha value is -3.52. The predicted octanol–water partition coefficient (Wildman–Crippen LogP) is 4.53. The molecule has 0 fully saturated rings. The molecule has 0 N–H and O–H groups in total. The Kier molecular flexibility index (Phi) is 6.08. The van der Waals surface area contributed by atoms with Crippen LogP contribution in [0.2, 0.25) is 0 Å². The van der Waals surface area contributed by atoms with E-state index < -0.39 is 5.97 Å². The number of fused-ring (bicyclic) bond motifs is 1. The summed E-state index contributed by atoms with van der Waals surface area (Å²) in [5.41, 5.74) is 1.51. The Morgan fingerprint density at radius 1 is 1.03 bits per heavy atom. The number of benzene rings is 2. The van der Waals surface area contributed by atoms with Crippen molar-refractivity contribution in [1.29, 1.82) is 0 Å². The molecule has 0 atom stereocenters. The van der Waals surface area contributed by atoms with Gasteiger partial charge in [0.15, 0.2) is 0 Å². The maximum atomic E-state index is 13.0. The van der Waals surface area contributed by atoms with Gasteiger partial charge >= 0.3 is 5.97 Å². The van der Waals surface area contributed by atoms with Gasteiger partial charge in [-0.25, -0.2) is 14.2 Å². The second kappa shape index (κ2) is 9.09. The van der Waals surface area contributed by atoms with Gasteiger partial charge in [-0.3, -0.25) is 9.20 Å². The highest BCUT2D eigenvalue weighted by Gasteiger charge is 2.15. The fourth-order valence-electron chi connectivity index (χ4n) is 2.92. The number of carbonyl (C=O) groups excluding carboxylic acids is 1. The summed E-state index contributed by atoms with van der Waals surface area (Å²) in [5.74, 6) is -0.594. The lowest BCUT2D eigenvalue weighted by Gasteiger charge is -2.11. The summed E-state index contributed by atoms with van der Waals surface area (Å²) in [6, 6.07) is 17.4. The molecule has 6 nitrogen and oxygen atoms in total. The number of pyridine rings is 1. The molecule has 156 valence electrons. The average Bonchev–Trinajstić information content (AvgIpc) is 2.78. The van der Waals surface area contributed by atoms with E-state index in [9.17, 15) is 14.0 Å². The lowest BCUT2D eigenvalue weighted by atomic mass is 10.2. The smallest absolute Gasteiger partial charge is 0.342 e. The highest BCUT2D eigenvalue weighted by atomic mass is 79.9. The lowest BCUT2D eigenvalue weighted by molar-refractivity contribution is 0.0462. The molecule has 0 unspecified atom stereocenters. The van der Waals surface area contributed by atoms with Crippen LogP contribution in [0.4, 0.5) is 4.39 Å². The number of rotatable bonds is 6. The zero-order valence-electron chi connectivity index (χ0n) is 16.1. The molecule has 0 bridgehead atoms. The first kappa shape index (κ1) is 20.7. The van der Waals surface area contributed by atoms with Gasteiger partial charge in [0.2, 0.25) is 0 Å². The summed E-state index contributed by atoms with van der Waals surface area (Å²) in [4.78, 5) is 29.2. The molecular weight excluding hydrogens is 467 g/mol. The summed E-state index contributed by atoms with van der Waals surface area (Å²) >= 11 is 3.31. The van der Waals surface area contributed by atoms with Gasteiger partial charge in [0.1, 0.15) is 36.0 Å². The van der Waals surface area contributed by atoms with Crippen molar-refractivity contribution in [3.05, 3.63) is 110 Å². The Morgan fingerprint density at radius 3 is 2.61 bits per heavy atom. The fourth-order valence-corrected chi connectivity index (χ4v) is 3.26. The van der Waals surface area contributed by atoms with Crippen LogP contribution in [0.1, 0.15) is 21.6 Å². The van der Waals surface area contributed by atoms with E-state index in [0.717, 1.165) is 10.0 Å². The largest absolute Gasteiger partial charge is 0.488 e. The van der Waals surface area contributed by atoms with Crippen LogP contribution in [0, 0.1) is 5.82 Å². The van der Waals surface area contributed by atoms with Gasteiger partial charge in [0, 0.05) is 16.7 Å². The van der Waals surface area contributed by atoms with E-state index in [0.29, 0.717) is 17.1 Å².